The number of pyridine rings is 1. The minimum atomic E-state index is -3.29. The highest BCUT2D eigenvalue weighted by atomic mass is 32.2. The molecular formula is C13H16N2O3S. The van der Waals surface area contributed by atoms with Crippen LogP contribution in [-0.4, -0.2) is 26.3 Å². The van der Waals surface area contributed by atoms with Crippen LogP contribution in [0.5, 0.6) is 0 Å². The van der Waals surface area contributed by atoms with Crippen molar-refractivity contribution in [1.29, 1.82) is 0 Å². The molecule has 0 radical (unpaired) electrons. The molecule has 0 aromatic carbocycles. The Morgan fingerprint density at radius 2 is 2.26 bits per heavy atom. The van der Waals surface area contributed by atoms with Gasteiger partial charge < -0.3 is 10.1 Å². The van der Waals surface area contributed by atoms with E-state index in [-0.39, 0.29) is 16.7 Å². The number of dihydropyridines is 1. The molecular weight excluding hydrogens is 264 g/mol. The largest absolute Gasteiger partial charge is 0.495 e. The van der Waals surface area contributed by atoms with E-state index in [0.717, 1.165) is 0 Å². The summed E-state index contributed by atoms with van der Waals surface area (Å²) in [6, 6.07) is 2.96. The summed E-state index contributed by atoms with van der Waals surface area (Å²) in [5.74, 6) is 0.744. The van der Waals surface area contributed by atoms with Gasteiger partial charge in [0.05, 0.1) is 29.5 Å². The summed E-state index contributed by atoms with van der Waals surface area (Å²) < 4.78 is 29.2. The molecule has 1 N–H and O–H groups in total. The van der Waals surface area contributed by atoms with Gasteiger partial charge in [0.25, 0.3) is 0 Å². The highest BCUT2D eigenvalue weighted by molar-refractivity contribution is 7.91. The van der Waals surface area contributed by atoms with Crippen LogP contribution < -0.4 is 5.32 Å². The molecule has 0 saturated carbocycles. The van der Waals surface area contributed by atoms with E-state index in [4.69, 9.17) is 4.74 Å². The third-order valence-electron chi connectivity index (χ3n) is 2.90. The van der Waals surface area contributed by atoms with Gasteiger partial charge in [-0.1, -0.05) is 13.0 Å². The molecule has 19 heavy (non-hydrogen) atoms. The zero-order valence-electron chi connectivity index (χ0n) is 10.8. The van der Waals surface area contributed by atoms with Gasteiger partial charge in [-0.2, -0.15) is 0 Å². The van der Waals surface area contributed by atoms with E-state index in [2.05, 4.69) is 10.3 Å². The quantitative estimate of drug-likeness (QED) is 0.906. The molecule has 0 bridgehead atoms. The number of methoxy groups -OCH3 is 1. The van der Waals surface area contributed by atoms with Crippen LogP contribution in [0.3, 0.4) is 0 Å². The monoisotopic (exact) mass is 280 g/mol. The lowest BCUT2D eigenvalue weighted by molar-refractivity contribution is 0.300. The third-order valence-corrected chi connectivity index (χ3v) is 4.68. The van der Waals surface area contributed by atoms with Crippen LogP contribution in [0.4, 0.5) is 0 Å². The Hall–Kier alpha value is -1.82. The van der Waals surface area contributed by atoms with Gasteiger partial charge in [0.2, 0.25) is 0 Å². The summed E-state index contributed by atoms with van der Waals surface area (Å²) in [5.41, 5.74) is 0.506. The van der Waals surface area contributed by atoms with Crippen molar-refractivity contribution in [2.24, 2.45) is 0 Å². The first-order valence-electron chi connectivity index (χ1n) is 5.94. The number of hydrogen-bond acceptors (Lipinski definition) is 5. The molecule has 1 atom stereocenters. The van der Waals surface area contributed by atoms with Crippen LogP contribution in [0.2, 0.25) is 0 Å². The molecule has 0 aliphatic carbocycles. The molecule has 102 valence electrons. The standard InChI is InChI=1S/C13H16N2O3S/c1-3-19(16,17)12-5-4-8-14-13(12)11-7-6-10(18-2)9-15-11/h4-9,11,15H,3H2,1-2H3. The Balaban J connectivity index is 2.38. The van der Waals surface area contributed by atoms with Gasteiger partial charge in [-0.3, -0.25) is 4.98 Å². The number of allylic oxidation sites excluding steroid dienone is 1. The first-order chi connectivity index (χ1) is 9.08. The Bertz CT molecular complexity index is 621. The predicted octanol–water partition coefficient (Wildman–Crippen LogP) is 1.56. The molecule has 1 unspecified atom stereocenters. The van der Waals surface area contributed by atoms with Crippen molar-refractivity contribution in [3.8, 4) is 0 Å². The molecule has 2 heterocycles. The molecule has 0 saturated heterocycles. The van der Waals surface area contributed by atoms with E-state index in [1.165, 1.54) is 0 Å². The fourth-order valence-electron chi connectivity index (χ4n) is 1.82. The number of rotatable bonds is 4. The average molecular weight is 280 g/mol. The van der Waals surface area contributed by atoms with Crippen LogP contribution in [-0.2, 0) is 14.6 Å². The fraction of sp³-hybridized carbons (Fsp3) is 0.308. The number of sulfone groups is 1. The minimum absolute atomic E-state index is 0.0568. The van der Waals surface area contributed by atoms with Crippen molar-refractivity contribution in [2.75, 3.05) is 12.9 Å². The molecule has 0 amide bonds. The van der Waals surface area contributed by atoms with E-state index in [1.54, 1.807) is 44.6 Å². The van der Waals surface area contributed by atoms with Crippen LogP contribution in [0.25, 0.3) is 0 Å². The second-order valence-corrected chi connectivity index (χ2v) is 6.29. The van der Waals surface area contributed by atoms with E-state index in [1.807, 2.05) is 6.08 Å². The second kappa shape index (κ2) is 5.44. The maximum Gasteiger partial charge on any atom is 0.180 e. The van der Waals surface area contributed by atoms with E-state index < -0.39 is 9.84 Å². The van der Waals surface area contributed by atoms with Gasteiger partial charge in [0, 0.05) is 12.4 Å². The number of hydrogen-bond donors (Lipinski definition) is 1. The molecule has 0 spiro atoms. The average Bonchev–Trinajstić information content (AvgIpc) is 2.47. The van der Waals surface area contributed by atoms with Crippen molar-refractivity contribution in [3.63, 3.8) is 0 Å². The van der Waals surface area contributed by atoms with Gasteiger partial charge in [0.15, 0.2) is 9.84 Å². The van der Waals surface area contributed by atoms with Crippen LogP contribution in [0, 0.1) is 0 Å². The fourth-order valence-corrected chi connectivity index (χ4v) is 2.91. The van der Waals surface area contributed by atoms with Crippen molar-refractivity contribution in [1.82, 2.24) is 10.3 Å². The summed E-state index contributed by atoms with van der Waals surface area (Å²) in [6.45, 7) is 1.62. The Morgan fingerprint density at radius 3 is 2.84 bits per heavy atom. The topological polar surface area (TPSA) is 68.3 Å². The minimum Gasteiger partial charge on any atom is -0.495 e. The Morgan fingerprint density at radius 1 is 1.47 bits per heavy atom. The van der Waals surface area contributed by atoms with Crippen molar-refractivity contribution < 1.29 is 13.2 Å². The Kier molecular flexibility index (Phi) is 3.90. The molecule has 1 aromatic heterocycles. The van der Waals surface area contributed by atoms with Crippen LogP contribution >= 0.6 is 0 Å². The van der Waals surface area contributed by atoms with Crippen LogP contribution in [0.1, 0.15) is 18.7 Å². The van der Waals surface area contributed by atoms with Gasteiger partial charge in [-0.05, 0) is 18.2 Å². The normalized spacial score (nSPS) is 18.6. The highest BCUT2D eigenvalue weighted by Crippen LogP contribution is 2.24. The molecule has 1 aliphatic heterocycles. The van der Waals surface area contributed by atoms with Gasteiger partial charge >= 0.3 is 0 Å². The molecule has 6 heteroatoms. The summed E-state index contributed by atoms with van der Waals surface area (Å²) >= 11 is 0. The first-order valence-corrected chi connectivity index (χ1v) is 7.60. The van der Waals surface area contributed by atoms with E-state index in [0.29, 0.717) is 11.5 Å². The molecule has 5 nitrogen and oxygen atoms in total. The van der Waals surface area contributed by atoms with Crippen molar-refractivity contribution >= 4 is 9.84 Å². The smallest absolute Gasteiger partial charge is 0.180 e. The summed E-state index contributed by atoms with van der Waals surface area (Å²) in [7, 11) is -1.71. The lowest BCUT2D eigenvalue weighted by Crippen LogP contribution is -2.21. The SMILES string of the molecule is CCS(=O)(=O)c1cccnc1C1C=CC(OC)=CN1. The first kappa shape index (κ1) is 13.6. The Labute approximate surface area is 112 Å². The number of nitrogens with zero attached hydrogens (tertiary/aromatic N) is 1. The highest BCUT2D eigenvalue weighted by Gasteiger charge is 2.22. The van der Waals surface area contributed by atoms with E-state index >= 15 is 0 Å². The molecule has 2 rings (SSSR count). The number of ether oxygens (including phenoxy) is 1. The van der Waals surface area contributed by atoms with E-state index in [9.17, 15) is 8.42 Å². The number of aromatic nitrogens is 1. The lowest BCUT2D eigenvalue weighted by Gasteiger charge is -2.19. The molecule has 1 aliphatic rings. The molecule has 0 fully saturated rings. The van der Waals surface area contributed by atoms with Gasteiger partial charge in [-0.25, -0.2) is 8.42 Å². The predicted molar refractivity (Wildman–Crippen MR) is 72.1 cm³/mol. The number of nitrogens with one attached hydrogen (secondary N) is 1. The lowest BCUT2D eigenvalue weighted by atomic mass is 10.1. The maximum atomic E-state index is 12.1. The van der Waals surface area contributed by atoms with Crippen LogP contribution in [0.15, 0.2) is 47.3 Å². The zero-order chi connectivity index (χ0) is 13.9. The third kappa shape index (κ3) is 2.78. The summed E-state index contributed by atoms with van der Waals surface area (Å²) in [6.07, 6.45) is 6.91. The van der Waals surface area contributed by atoms with Gasteiger partial charge in [-0.15, -0.1) is 0 Å². The van der Waals surface area contributed by atoms with Crippen molar-refractivity contribution in [2.45, 2.75) is 17.9 Å². The maximum absolute atomic E-state index is 12.1. The van der Waals surface area contributed by atoms with Gasteiger partial charge in [0.1, 0.15) is 5.76 Å². The zero-order valence-corrected chi connectivity index (χ0v) is 11.6. The second-order valence-electron chi connectivity index (χ2n) is 4.04. The summed E-state index contributed by atoms with van der Waals surface area (Å²) in [4.78, 5) is 4.48. The van der Waals surface area contributed by atoms with Crippen molar-refractivity contribution in [3.05, 3.63) is 48.1 Å². The molecule has 1 aromatic rings. The summed E-state index contributed by atoms with van der Waals surface area (Å²) in [5, 5.41) is 3.07.